The lowest BCUT2D eigenvalue weighted by atomic mass is 9.96. The fourth-order valence-electron chi connectivity index (χ4n) is 2.54. The van der Waals surface area contributed by atoms with E-state index in [2.05, 4.69) is 34.4 Å². The molecule has 1 aromatic rings. The molecule has 0 bridgehead atoms. The minimum atomic E-state index is 0.880. The molecule has 0 radical (unpaired) electrons. The largest absolute Gasteiger partial charge is 0.316 e. The molecule has 1 N–H and O–H groups in total. The van der Waals surface area contributed by atoms with Crippen LogP contribution in [-0.4, -0.2) is 36.1 Å². The molecule has 2 rings (SSSR count). The summed E-state index contributed by atoms with van der Waals surface area (Å²) >= 11 is 1.76. The van der Waals surface area contributed by atoms with Crippen molar-refractivity contribution in [1.82, 2.24) is 15.2 Å². The van der Waals surface area contributed by atoms with Crippen LogP contribution in [0.5, 0.6) is 0 Å². The molecule has 0 saturated carbocycles. The fraction of sp³-hybridized carbons (Fsp3) is 0.786. The summed E-state index contributed by atoms with van der Waals surface area (Å²) in [5, 5.41) is 6.93. The Balaban J connectivity index is 1.67. The molecule has 0 amide bonds. The first-order valence-electron chi connectivity index (χ1n) is 7.12. The average Bonchev–Trinajstić information content (AvgIpc) is 2.77. The van der Waals surface area contributed by atoms with E-state index in [-0.39, 0.29) is 0 Å². The first-order chi connectivity index (χ1) is 8.78. The third-order valence-corrected chi connectivity index (χ3v) is 4.44. The van der Waals surface area contributed by atoms with Crippen molar-refractivity contribution >= 4 is 11.3 Å². The lowest BCUT2D eigenvalue weighted by molar-refractivity contribution is 0.174. The van der Waals surface area contributed by atoms with Crippen LogP contribution in [0.25, 0.3) is 0 Å². The summed E-state index contributed by atoms with van der Waals surface area (Å²) < 4.78 is 0. The molecular formula is C14H25N3S. The quantitative estimate of drug-likeness (QED) is 0.803. The number of aryl methyl sites for hydroxylation is 1. The second-order valence-electron chi connectivity index (χ2n) is 5.28. The maximum Gasteiger partial charge on any atom is 0.0897 e. The zero-order valence-electron chi connectivity index (χ0n) is 11.6. The van der Waals surface area contributed by atoms with Crippen LogP contribution in [-0.2, 0) is 6.54 Å². The van der Waals surface area contributed by atoms with Crippen LogP contribution in [0.2, 0.25) is 0 Å². The maximum absolute atomic E-state index is 4.55. The van der Waals surface area contributed by atoms with Crippen molar-refractivity contribution < 1.29 is 0 Å². The van der Waals surface area contributed by atoms with Gasteiger partial charge in [0, 0.05) is 11.9 Å². The van der Waals surface area contributed by atoms with Crippen molar-refractivity contribution in [2.24, 2.45) is 5.92 Å². The van der Waals surface area contributed by atoms with Crippen LogP contribution < -0.4 is 5.32 Å². The van der Waals surface area contributed by atoms with Gasteiger partial charge in [0.1, 0.15) is 0 Å². The van der Waals surface area contributed by atoms with Gasteiger partial charge in [-0.15, -0.1) is 11.3 Å². The highest BCUT2D eigenvalue weighted by molar-refractivity contribution is 7.09. The van der Waals surface area contributed by atoms with E-state index in [1.165, 1.54) is 49.6 Å². The third-order valence-electron chi connectivity index (χ3n) is 3.62. The summed E-state index contributed by atoms with van der Waals surface area (Å²) in [5.74, 6) is 0.880. The first-order valence-corrected chi connectivity index (χ1v) is 8.00. The van der Waals surface area contributed by atoms with Gasteiger partial charge in [-0.3, -0.25) is 4.90 Å². The molecule has 0 unspecified atom stereocenters. The van der Waals surface area contributed by atoms with E-state index >= 15 is 0 Å². The molecule has 1 aliphatic heterocycles. The fourth-order valence-corrected chi connectivity index (χ4v) is 3.15. The molecule has 1 fully saturated rings. The van der Waals surface area contributed by atoms with Gasteiger partial charge in [0.2, 0.25) is 0 Å². The number of rotatable bonds is 6. The van der Waals surface area contributed by atoms with E-state index in [9.17, 15) is 0 Å². The van der Waals surface area contributed by atoms with E-state index in [1.807, 2.05) is 0 Å². The number of hydrogen-bond acceptors (Lipinski definition) is 4. The highest BCUT2D eigenvalue weighted by Crippen LogP contribution is 2.19. The van der Waals surface area contributed by atoms with Gasteiger partial charge in [0.05, 0.1) is 10.7 Å². The molecule has 0 atom stereocenters. The van der Waals surface area contributed by atoms with Gasteiger partial charge >= 0.3 is 0 Å². The topological polar surface area (TPSA) is 28.2 Å². The molecule has 0 aliphatic carbocycles. The van der Waals surface area contributed by atoms with Gasteiger partial charge < -0.3 is 5.32 Å². The number of piperidine rings is 1. The summed E-state index contributed by atoms with van der Waals surface area (Å²) in [5.41, 5.74) is 1.25. The minimum absolute atomic E-state index is 0.880. The number of likely N-dealkylation sites (tertiary alicyclic amines) is 1. The molecule has 2 heterocycles. The third kappa shape index (κ3) is 4.34. The predicted octanol–water partition coefficient (Wildman–Crippen LogP) is 2.66. The van der Waals surface area contributed by atoms with Gasteiger partial charge in [-0.2, -0.15) is 0 Å². The summed E-state index contributed by atoms with van der Waals surface area (Å²) in [6.07, 6.45) is 3.90. The molecule has 0 spiro atoms. The monoisotopic (exact) mass is 267 g/mol. The number of aromatic nitrogens is 1. The second kappa shape index (κ2) is 7.22. The highest BCUT2D eigenvalue weighted by Gasteiger charge is 2.19. The van der Waals surface area contributed by atoms with E-state index in [1.54, 1.807) is 11.3 Å². The van der Waals surface area contributed by atoms with Crippen molar-refractivity contribution in [1.29, 1.82) is 0 Å². The van der Waals surface area contributed by atoms with Crippen LogP contribution in [0.15, 0.2) is 5.38 Å². The number of nitrogens with zero attached hydrogens (tertiary/aromatic N) is 2. The van der Waals surface area contributed by atoms with E-state index in [4.69, 9.17) is 0 Å². The van der Waals surface area contributed by atoms with Crippen molar-refractivity contribution in [2.75, 3.05) is 26.2 Å². The van der Waals surface area contributed by atoms with E-state index in [0.717, 1.165) is 19.0 Å². The Morgan fingerprint density at radius 3 is 2.83 bits per heavy atom. The van der Waals surface area contributed by atoms with Crippen molar-refractivity contribution in [3.63, 3.8) is 0 Å². The Labute approximate surface area is 115 Å². The molecule has 1 saturated heterocycles. The van der Waals surface area contributed by atoms with Crippen LogP contribution in [0.4, 0.5) is 0 Å². The zero-order chi connectivity index (χ0) is 12.8. The average molecular weight is 267 g/mol. The lowest BCUT2D eigenvalue weighted by Crippen LogP contribution is -2.37. The van der Waals surface area contributed by atoms with Crippen LogP contribution in [0, 0.1) is 12.8 Å². The van der Waals surface area contributed by atoms with Crippen LogP contribution >= 0.6 is 11.3 Å². The first kappa shape index (κ1) is 14.0. The predicted molar refractivity (Wildman–Crippen MR) is 78.0 cm³/mol. The highest BCUT2D eigenvalue weighted by atomic mass is 32.1. The smallest absolute Gasteiger partial charge is 0.0897 e. The molecule has 1 aromatic heterocycles. The summed E-state index contributed by atoms with van der Waals surface area (Å²) in [6, 6.07) is 0. The maximum atomic E-state index is 4.55. The normalized spacial score (nSPS) is 18.3. The van der Waals surface area contributed by atoms with Gasteiger partial charge in [-0.05, 0) is 58.3 Å². The second-order valence-corrected chi connectivity index (χ2v) is 6.34. The molecule has 3 nitrogen and oxygen atoms in total. The molecule has 4 heteroatoms. The minimum Gasteiger partial charge on any atom is -0.316 e. The van der Waals surface area contributed by atoms with Gasteiger partial charge in [0.25, 0.3) is 0 Å². The van der Waals surface area contributed by atoms with Crippen molar-refractivity contribution in [3.8, 4) is 0 Å². The van der Waals surface area contributed by atoms with Crippen molar-refractivity contribution in [2.45, 2.75) is 39.7 Å². The van der Waals surface area contributed by atoms with E-state index < -0.39 is 0 Å². The Hall–Kier alpha value is -0.450. The summed E-state index contributed by atoms with van der Waals surface area (Å²) in [7, 11) is 0. The van der Waals surface area contributed by atoms with Gasteiger partial charge in [0.15, 0.2) is 0 Å². The van der Waals surface area contributed by atoms with E-state index in [0.29, 0.717) is 0 Å². The standard InChI is InChI=1S/C14H25N3S/c1-3-6-15-9-13-4-7-17(8-5-13)10-14-11-18-12(2)16-14/h11,13,15H,3-10H2,1-2H3. The SMILES string of the molecule is CCCNCC1CCN(Cc2csc(C)n2)CC1. The molecule has 18 heavy (non-hydrogen) atoms. The van der Waals surface area contributed by atoms with Crippen molar-refractivity contribution in [3.05, 3.63) is 16.1 Å². The molecule has 1 aliphatic rings. The molecular weight excluding hydrogens is 242 g/mol. The van der Waals surface area contributed by atoms with Crippen LogP contribution in [0.3, 0.4) is 0 Å². The number of hydrogen-bond donors (Lipinski definition) is 1. The summed E-state index contributed by atoms with van der Waals surface area (Å²) in [4.78, 5) is 7.10. The lowest BCUT2D eigenvalue weighted by Gasteiger charge is -2.31. The number of thiazole rings is 1. The van der Waals surface area contributed by atoms with Crippen LogP contribution in [0.1, 0.15) is 36.9 Å². The number of nitrogens with one attached hydrogen (secondary N) is 1. The molecule has 0 aromatic carbocycles. The Morgan fingerprint density at radius 1 is 1.44 bits per heavy atom. The Bertz CT molecular complexity index is 343. The Morgan fingerprint density at radius 2 is 2.22 bits per heavy atom. The molecule has 102 valence electrons. The Kier molecular flexibility index (Phi) is 5.60. The van der Waals surface area contributed by atoms with Gasteiger partial charge in [-0.1, -0.05) is 6.92 Å². The van der Waals surface area contributed by atoms with Gasteiger partial charge in [-0.25, -0.2) is 4.98 Å². The summed E-state index contributed by atoms with van der Waals surface area (Å²) in [6.45, 7) is 10.2. The zero-order valence-corrected chi connectivity index (χ0v) is 12.4.